The molecule has 1 aliphatic heterocycles. The first-order chi connectivity index (χ1) is 13.6. The van der Waals surface area contributed by atoms with Crippen molar-refractivity contribution in [2.24, 2.45) is 5.92 Å². The van der Waals surface area contributed by atoms with E-state index in [9.17, 15) is 9.90 Å². The monoisotopic (exact) mass is 383 g/mol. The maximum Gasteiger partial charge on any atom is 0.222 e. The van der Waals surface area contributed by atoms with Crippen molar-refractivity contribution in [3.05, 3.63) is 59.7 Å². The number of aryl methyl sites for hydroxylation is 1. The van der Waals surface area contributed by atoms with Crippen LogP contribution in [-0.2, 0) is 11.2 Å². The summed E-state index contributed by atoms with van der Waals surface area (Å²) in [5, 5.41) is 10.6. The van der Waals surface area contributed by atoms with Crippen LogP contribution in [-0.4, -0.2) is 43.2 Å². The first-order valence-electron chi connectivity index (χ1n) is 9.83. The Hall–Kier alpha value is -2.53. The van der Waals surface area contributed by atoms with Crippen molar-refractivity contribution in [2.75, 3.05) is 27.3 Å². The van der Waals surface area contributed by atoms with Gasteiger partial charge in [0, 0.05) is 25.6 Å². The average molecular weight is 383 g/mol. The van der Waals surface area contributed by atoms with E-state index in [1.54, 1.807) is 14.2 Å². The fraction of sp³-hybridized carbons (Fsp3) is 0.435. The second-order valence-electron chi connectivity index (χ2n) is 7.29. The molecule has 1 unspecified atom stereocenters. The predicted molar refractivity (Wildman–Crippen MR) is 109 cm³/mol. The van der Waals surface area contributed by atoms with Crippen molar-refractivity contribution in [1.29, 1.82) is 0 Å². The van der Waals surface area contributed by atoms with Gasteiger partial charge < -0.3 is 19.5 Å². The van der Waals surface area contributed by atoms with Gasteiger partial charge in [0.05, 0.1) is 20.3 Å². The minimum atomic E-state index is -0.456. The molecule has 2 aromatic carbocycles. The van der Waals surface area contributed by atoms with E-state index in [1.165, 1.54) is 0 Å². The lowest BCUT2D eigenvalue weighted by atomic mass is 9.87. The van der Waals surface area contributed by atoms with Crippen molar-refractivity contribution in [3.63, 3.8) is 0 Å². The van der Waals surface area contributed by atoms with Gasteiger partial charge in [-0.15, -0.1) is 0 Å². The lowest BCUT2D eigenvalue weighted by molar-refractivity contribution is -0.133. The lowest BCUT2D eigenvalue weighted by Crippen LogP contribution is -2.39. The second kappa shape index (κ2) is 9.60. The highest BCUT2D eigenvalue weighted by Gasteiger charge is 2.28. The second-order valence-corrected chi connectivity index (χ2v) is 7.29. The lowest BCUT2D eigenvalue weighted by Gasteiger charge is -2.34. The number of carbonyl (C=O) groups excluding carboxylic acids is 1. The minimum absolute atomic E-state index is 0.162. The molecule has 1 heterocycles. The van der Waals surface area contributed by atoms with Gasteiger partial charge in [0.25, 0.3) is 0 Å². The Bertz CT molecular complexity index is 747. The summed E-state index contributed by atoms with van der Waals surface area (Å²) in [4.78, 5) is 14.6. The summed E-state index contributed by atoms with van der Waals surface area (Å²) in [7, 11) is 3.25. The molecule has 1 fully saturated rings. The van der Waals surface area contributed by atoms with Gasteiger partial charge in [-0.1, -0.05) is 30.3 Å². The van der Waals surface area contributed by atoms with Gasteiger partial charge in [0.1, 0.15) is 11.5 Å². The number of ether oxygens (including phenoxy) is 2. The van der Waals surface area contributed by atoms with Crippen LogP contribution in [0.25, 0.3) is 0 Å². The number of likely N-dealkylation sites (tertiary alicyclic amines) is 1. The maximum absolute atomic E-state index is 12.6. The van der Waals surface area contributed by atoms with E-state index >= 15 is 0 Å². The zero-order chi connectivity index (χ0) is 19.9. The van der Waals surface area contributed by atoms with Crippen LogP contribution in [0.4, 0.5) is 0 Å². The van der Waals surface area contributed by atoms with Gasteiger partial charge in [-0.05, 0) is 48.4 Å². The third-order valence-corrected chi connectivity index (χ3v) is 5.52. The predicted octanol–water partition coefficient (Wildman–Crippen LogP) is 3.61. The van der Waals surface area contributed by atoms with Crippen LogP contribution >= 0.6 is 0 Å². The number of hydrogen-bond donors (Lipinski definition) is 1. The third-order valence-electron chi connectivity index (χ3n) is 5.52. The Balaban J connectivity index is 1.50. The van der Waals surface area contributed by atoms with Crippen molar-refractivity contribution >= 4 is 5.91 Å². The smallest absolute Gasteiger partial charge is 0.222 e. The largest absolute Gasteiger partial charge is 0.497 e. The number of hydrogen-bond acceptors (Lipinski definition) is 4. The van der Waals surface area contributed by atoms with E-state index in [2.05, 4.69) is 0 Å². The molecule has 2 aromatic rings. The van der Waals surface area contributed by atoms with E-state index in [4.69, 9.17) is 9.47 Å². The fourth-order valence-corrected chi connectivity index (χ4v) is 3.81. The number of rotatable bonds is 7. The van der Waals surface area contributed by atoms with E-state index in [0.29, 0.717) is 25.9 Å². The molecule has 1 N–H and O–H groups in total. The number of piperidine rings is 1. The standard InChI is InChI=1S/C23H29NO4/c1-27-20-14-17(15-21(16-20)28-2)8-9-22(25)24-12-10-19(11-13-24)23(26)18-6-4-3-5-7-18/h3-7,14-16,19,23,26H,8-13H2,1-2H3. The van der Waals surface area contributed by atoms with Crippen LogP contribution < -0.4 is 9.47 Å². The molecule has 28 heavy (non-hydrogen) atoms. The van der Waals surface area contributed by atoms with E-state index in [-0.39, 0.29) is 11.8 Å². The molecule has 150 valence electrons. The maximum atomic E-state index is 12.6. The molecule has 5 nitrogen and oxygen atoms in total. The molecule has 1 atom stereocenters. The summed E-state index contributed by atoms with van der Waals surface area (Å²) in [5.41, 5.74) is 1.98. The average Bonchev–Trinajstić information content (AvgIpc) is 2.77. The van der Waals surface area contributed by atoms with E-state index in [1.807, 2.05) is 53.4 Å². The van der Waals surface area contributed by atoms with Crippen LogP contribution in [0.3, 0.4) is 0 Å². The van der Waals surface area contributed by atoms with Gasteiger partial charge in [-0.3, -0.25) is 4.79 Å². The van der Waals surface area contributed by atoms with Gasteiger partial charge in [0.2, 0.25) is 5.91 Å². The summed E-state index contributed by atoms with van der Waals surface area (Å²) < 4.78 is 10.6. The molecular weight excluding hydrogens is 354 g/mol. The van der Waals surface area contributed by atoms with Crippen LogP contribution in [0.5, 0.6) is 11.5 Å². The SMILES string of the molecule is COc1cc(CCC(=O)N2CCC(C(O)c3ccccc3)CC2)cc(OC)c1. The van der Waals surface area contributed by atoms with Gasteiger partial charge in [0.15, 0.2) is 0 Å². The Kier molecular flexibility index (Phi) is 6.93. The molecule has 0 spiro atoms. The normalized spacial score (nSPS) is 15.9. The van der Waals surface area contributed by atoms with Crippen LogP contribution in [0, 0.1) is 5.92 Å². The fourth-order valence-electron chi connectivity index (χ4n) is 3.81. The topological polar surface area (TPSA) is 59.0 Å². The molecule has 1 saturated heterocycles. The number of aliphatic hydroxyl groups excluding tert-OH is 1. The molecular formula is C23H29NO4. The Morgan fingerprint density at radius 1 is 1.07 bits per heavy atom. The molecule has 3 rings (SSSR count). The third kappa shape index (κ3) is 5.04. The van der Waals surface area contributed by atoms with E-state index in [0.717, 1.165) is 35.5 Å². The highest BCUT2D eigenvalue weighted by atomic mass is 16.5. The van der Waals surface area contributed by atoms with Crippen molar-refractivity contribution in [3.8, 4) is 11.5 Å². The van der Waals surface area contributed by atoms with Crippen LogP contribution in [0.2, 0.25) is 0 Å². The molecule has 0 radical (unpaired) electrons. The van der Waals surface area contributed by atoms with Crippen molar-refractivity contribution in [2.45, 2.75) is 31.8 Å². The number of benzene rings is 2. The zero-order valence-corrected chi connectivity index (χ0v) is 16.6. The number of nitrogens with zero attached hydrogens (tertiary/aromatic N) is 1. The van der Waals surface area contributed by atoms with Gasteiger partial charge in [-0.2, -0.15) is 0 Å². The summed E-state index contributed by atoms with van der Waals surface area (Å²) in [6, 6.07) is 15.5. The number of amides is 1. The zero-order valence-electron chi connectivity index (χ0n) is 16.6. The molecule has 0 bridgehead atoms. The molecule has 0 aromatic heterocycles. The summed E-state index contributed by atoms with van der Waals surface area (Å²) >= 11 is 0. The highest BCUT2D eigenvalue weighted by Crippen LogP contribution is 2.31. The molecule has 1 amide bonds. The first kappa shape index (κ1) is 20.2. The van der Waals surface area contributed by atoms with Gasteiger partial charge >= 0.3 is 0 Å². The Morgan fingerprint density at radius 3 is 2.25 bits per heavy atom. The number of carbonyl (C=O) groups is 1. The van der Waals surface area contributed by atoms with Gasteiger partial charge in [-0.25, -0.2) is 0 Å². The Morgan fingerprint density at radius 2 is 1.68 bits per heavy atom. The Labute approximate surface area is 166 Å². The van der Waals surface area contributed by atoms with Crippen molar-refractivity contribution < 1.29 is 19.4 Å². The summed E-state index contributed by atoms with van der Waals surface area (Å²) in [5.74, 6) is 1.83. The molecule has 0 aliphatic carbocycles. The summed E-state index contributed by atoms with van der Waals surface area (Å²) in [6.45, 7) is 1.41. The van der Waals surface area contributed by atoms with Crippen LogP contribution in [0.1, 0.15) is 36.5 Å². The van der Waals surface area contributed by atoms with E-state index < -0.39 is 6.10 Å². The number of aliphatic hydroxyl groups is 1. The quantitative estimate of drug-likeness (QED) is 0.794. The minimum Gasteiger partial charge on any atom is -0.497 e. The molecule has 1 aliphatic rings. The molecule has 0 saturated carbocycles. The first-order valence-corrected chi connectivity index (χ1v) is 9.83. The van der Waals surface area contributed by atoms with Crippen molar-refractivity contribution in [1.82, 2.24) is 4.90 Å². The number of methoxy groups -OCH3 is 2. The highest BCUT2D eigenvalue weighted by molar-refractivity contribution is 5.76. The molecule has 5 heteroatoms. The summed E-state index contributed by atoms with van der Waals surface area (Å²) in [6.07, 6.45) is 2.31. The van der Waals surface area contributed by atoms with Crippen LogP contribution in [0.15, 0.2) is 48.5 Å².